The van der Waals surface area contributed by atoms with Crippen molar-refractivity contribution in [2.45, 2.75) is 51.0 Å². The van der Waals surface area contributed by atoms with Crippen LogP contribution in [0, 0.1) is 12.8 Å². The van der Waals surface area contributed by atoms with Crippen LogP contribution in [-0.4, -0.2) is 38.3 Å². The summed E-state index contributed by atoms with van der Waals surface area (Å²) in [5, 5.41) is 6.22. The SMILES string of the molecule is Cc1ccc(S(=O)(=O)N2CCCCC2)cc1NC(=O)CNC(c1ccccc1)C(C)C. The van der Waals surface area contributed by atoms with E-state index in [1.54, 1.807) is 22.5 Å². The predicted octanol–water partition coefficient (Wildman–Crippen LogP) is 4.10. The Hall–Kier alpha value is -2.22. The molecule has 2 aromatic carbocycles. The fraction of sp³-hybridized carbons (Fsp3) is 0.458. The minimum Gasteiger partial charge on any atom is -0.325 e. The first kappa shape index (κ1) is 23.4. The van der Waals surface area contributed by atoms with Gasteiger partial charge in [0, 0.05) is 24.8 Å². The molecule has 1 amide bonds. The number of rotatable bonds is 8. The van der Waals surface area contributed by atoms with Gasteiger partial charge in [-0.05, 0) is 48.9 Å². The van der Waals surface area contributed by atoms with Gasteiger partial charge in [0.15, 0.2) is 0 Å². The van der Waals surface area contributed by atoms with E-state index < -0.39 is 10.0 Å². The molecule has 2 aromatic rings. The molecule has 0 aliphatic carbocycles. The molecule has 1 atom stereocenters. The molecule has 1 aliphatic rings. The second kappa shape index (κ2) is 10.4. The third kappa shape index (κ3) is 5.93. The molecular weight excluding hydrogens is 410 g/mol. The zero-order valence-electron chi connectivity index (χ0n) is 18.6. The number of sulfonamides is 1. The molecule has 3 rings (SSSR count). The highest BCUT2D eigenvalue weighted by Gasteiger charge is 2.26. The Labute approximate surface area is 186 Å². The maximum absolute atomic E-state index is 13.0. The quantitative estimate of drug-likeness (QED) is 0.644. The van der Waals surface area contributed by atoms with Crippen molar-refractivity contribution < 1.29 is 13.2 Å². The molecule has 6 nitrogen and oxygen atoms in total. The number of anilines is 1. The second-order valence-electron chi connectivity index (χ2n) is 8.50. The number of aryl methyl sites for hydroxylation is 1. The molecule has 7 heteroatoms. The Kier molecular flexibility index (Phi) is 7.86. The van der Waals surface area contributed by atoms with Gasteiger partial charge in [0.2, 0.25) is 15.9 Å². The maximum Gasteiger partial charge on any atom is 0.243 e. The minimum atomic E-state index is -3.54. The van der Waals surface area contributed by atoms with Crippen LogP contribution >= 0.6 is 0 Å². The van der Waals surface area contributed by atoms with E-state index in [-0.39, 0.29) is 23.4 Å². The number of nitrogens with one attached hydrogen (secondary N) is 2. The number of carbonyl (C=O) groups excluding carboxylic acids is 1. The van der Waals surface area contributed by atoms with Crippen molar-refractivity contribution in [3.63, 3.8) is 0 Å². The maximum atomic E-state index is 13.0. The van der Waals surface area contributed by atoms with Gasteiger partial charge >= 0.3 is 0 Å². The normalized spacial score (nSPS) is 16.3. The molecular formula is C24H33N3O3S. The number of hydrogen-bond donors (Lipinski definition) is 2. The van der Waals surface area contributed by atoms with Crippen molar-refractivity contribution in [1.82, 2.24) is 9.62 Å². The van der Waals surface area contributed by atoms with Crippen molar-refractivity contribution >= 4 is 21.6 Å². The lowest BCUT2D eigenvalue weighted by Gasteiger charge is -2.26. The molecule has 2 N–H and O–H groups in total. The molecule has 31 heavy (non-hydrogen) atoms. The third-order valence-electron chi connectivity index (χ3n) is 5.74. The van der Waals surface area contributed by atoms with Crippen LogP contribution in [0.5, 0.6) is 0 Å². The first-order valence-electron chi connectivity index (χ1n) is 11.0. The molecule has 0 saturated carbocycles. The fourth-order valence-corrected chi connectivity index (χ4v) is 5.49. The van der Waals surface area contributed by atoms with E-state index >= 15 is 0 Å². The van der Waals surface area contributed by atoms with Crippen LogP contribution in [0.2, 0.25) is 0 Å². The molecule has 1 aliphatic heterocycles. The molecule has 0 aromatic heterocycles. The van der Waals surface area contributed by atoms with E-state index in [0.29, 0.717) is 24.7 Å². The van der Waals surface area contributed by atoms with Crippen molar-refractivity contribution in [1.29, 1.82) is 0 Å². The van der Waals surface area contributed by atoms with Crippen molar-refractivity contribution in [3.05, 3.63) is 59.7 Å². The van der Waals surface area contributed by atoms with Gasteiger partial charge in [-0.15, -0.1) is 0 Å². The fourth-order valence-electron chi connectivity index (χ4n) is 3.95. The summed E-state index contributed by atoms with van der Waals surface area (Å²) in [6.07, 6.45) is 2.84. The van der Waals surface area contributed by atoms with Crippen molar-refractivity contribution in [3.8, 4) is 0 Å². The summed E-state index contributed by atoms with van der Waals surface area (Å²) in [6.45, 7) is 7.33. The largest absolute Gasteiger partial charge is 0.325 e. The number of hydrogen-bond acceptors (Lipinski definition) is 4. The van der Waals surface area contributed by atoms with Gasteiger partial charge in [0.1, 0.15) is 0 Å². The number of benzene rings is 2. The third-order valence-corrected chi connectivity index (χ3v) is 7.64. The van der Waals surface area contributed by atoms with E-state index in [1.807, 2.05) is 25.1 Å². The van der Waals surface area contributed by atoms with E-state index in [1.165, 1.54) is 0 Å². The molecule has 0 radical (unpaired) electrons. The van der Waals surface area contributed by atoms with E-state index in [4.69, 9.17) is 0 Å². The summed E-state index contributed by atoms with van der Waals surface area (Å²) in [5.41, 5.74) is 2.50. The summed E-state index contributed by atoms with van der Waals surface area (Å²) in [7, 11) is -3.54. The smallest absolute Gasteiger partial charge is 0.243 e. The topological polar surface area (TPSA) is 78.5 Å². The Morgan fingerprint density at radius 1 is 1.03 bits per heavy atom. The molecule has 168 valence electrons. The molecule has 1 unspecified atom stereocenters. The standard InChI is InChI=1S/C24H33N3O3S/c1-18(2)24(20-10-6-4-7-11-20)25-17-23(28)26-22-16-21(13-12-19(22)3)31(29,30)27-14-8-5-9-15-27/h4,6-7,10-13,16,18,24-25H,5,8-9,14-15,17H2,1-3H3,(H,26,28). The van der Waals surface area contributed by atoms with Gasteiger partial charge in [-0.3, -0.25) is 4.79 Å². The van der Waals surface area contributed by atoms with Crippen LogP contribution in [0.15, 0.2) is 53.4 Å². The van der Waals surface area contributed by atoms with Gasteiger partial charge in [0.05, 0.1) is 11.4 Å². The monoisotopic (exact) mass is 443 g/mol. The highest BCUT2D eigenvalue weighted by Crippen LogP contribution is 2.25. The second-order valence-corrected chi connectivity index (χ2v) is 10.4. The van der Waals surface area contributed by atoms with Crippen LogP contribution in [0.4, 0.5) is 5.69 Å². The summed E-state index contributed by atoms with van der Waals surface area (Å²) in [4.78, 5) is 12.9. The predicted molar refractivity (Wildman–Crippen MR) is 124 cm³/mol. The van der Waals surface area contributed by atoms with Gasteiger partial charge in [0.25, 0.3) is 0 Å². The Bertz CT molecular complexity index is 984. The van der Waals surface area contributed by atoms with Crippen LogP contribution in [0.3, 0.4) is 0 Å². The van der Waals surface area contributed by atoms with Crippen LogP contribution < -0.4 is 10.6 Å². The summed E-state index contributed by atoms with van der Waals surface area (Å²) < 4.78 is 27.5. The lowest BCUT2D eigenvalue weighted by molar-refractivity contribution is -0.115. The first-order valence-corrected chi connectivity index (χ1v) is 12.4. The number of nitrogens with zero attached hydrogens (tertiary/aromatic N) is 1. The van der Waals surface area contributed by atoms with Gasteiger partial charge < -0.3 is 10.6 Å². The van der Waals surface area contributed by atoms with E-state index in [9.17, 15) is 13.2 Å². The van der Waals surface area contributed by atoms with Gasteiger partial charge in [-0.25, -0.2) is 8.42 Å². The van der Waals surface area contributed by atoms with Crippen molar-refractivity contribution in [2.24, 2.45) is 5.92 Å². The Morgan fingerprint density at radius 3 is 2.35 bits per heavy atom. The van der Waals surface area contributed by atoms with Crippen molar-refractivity contribution in [2.75, 3.05) is 25.0 Å². The molecule has 1 heterocycles. The van der Waals surface area contributed by atoms with Crippen LogP contribution in [0.1, 0.15) is 50.3 Å². The number of carbonyl (C=O) groups is 1. The summed E-state index contributed by atoms with van der Waals surface area (Å²) in [6, 6.07) is 15.1. The molecule has 1 fully saturated rings. The highest BCUT2D eigenvalue weighted by molar-refractivity contribution is 7.89. The summed E-state index contributed by atoms with van der Waals surface area (Å²) in [5.74, 6) is 0.118. The lowest BCUT2D eigenvalue weighted by Crippen LogP contribution is -2.35. The lowest BCUT2D eigenvalue weighted by atomic mass is 9.96. The van der Waals surface area contributed by atoms with Gasteiger partial charge in [-0.2, -0.15) is 4.31 Å². The average Bonchev–Trinajstić information content (AvgIpc) is 2.76. The van der Waals surface area contributed by atoms with E-state index in [2.05, 4.69) is 36.6 Å². The minimum absolute atomic E-state index is 0.0545. The molecule has 1 saturated heterocycles. The molecule has 0 bridgehead atoms. The highest BCUT2D eigenvalue weighted by atomic mass is 32.2. The van der Waals surface area contributed by atoms with Crippen LogP contribution in [0.25, 0.3) is 0 Å². The zero-order valence-corrected chi connectivity index (χ0v) is 19.4. The number of amides is 1. The Balaban J connectivity index is 1.69. The van der Waals surface area contributed by atoms with Gasteiger partial charge in [-0.1, -0.05) is 56.7 Å². The zero-order chi connectivity index (χ0) is 22.4. The van der Waals surface area contributed by atoms with E-state index in [0.717, 1.165) is 30.4 Å². The van der Waals surface area contributed by atoms with Crippen LogP contribution in [-0.2, 0) is 14.8 Å². The first-order chi connectivity index (χ1) is 14.8. The number of piperidine rings is 1. The Morgan fingerprint density at radius 2 is 1.71 bits per heavy atom. The molecule has 0 spiro atoms. The summed E-state index contributed by atoms with van der Waals surface area (Å²) >= 11 is 0. The average molecular weight is 444 g/mol.